The molecule has 1 spiro atoms. The first-order valence-electron chi connectivity index (χ1n) is 9.48. The molecule has 2 bridgehead atoms. The van der Waals surface area contributed by atoms with Crippen molar-refractivity contribution in [1.82, 2.24) is 9.62 Å². The van der Waals surface area contributed by atoms with Crippen LogP contribution in [-0.4, -0.2) is 64.1 Å². The third-order valence-electron chi connectivity index (χ3n) is 6.07. The summed E-state index contributed by atoms with van der Waals surface area (Å²) < 4.78 is 37.8. The van der Waals surface area contributed by atoms with Gasteiger partial charge in [0.15, 0.2) is 0 Å². The third kappa shape index (κ3) is 3.76. The van der Waals surface area contributed by atoms with Gasteiger partial charge in [0.2, 0.25) is 10.0 Å². The van der Waals surface area contributed by atoms with Crippen molar-refractivity contribution in [1.29, 1.82) is 0 Å². The zero-order valence-electron chi connectivity index (χ0n) is 15.3. The van der Waals surface area contributed by atoms with E-state index in [1.165, 1.54) is 6.26 Å². The fraction of sp³-hybridized carbons (Fsp3) is 0.684. The van der Waals surface area contributed by atoms with E-state index in [9.17, 15) is 8.42 Å². The molecular formula is C19H28N2O4S. The van der Waals surface area contributed by atoms with Crippen LogP contribution < -0.4 is 9.46 Å². The molecule has 4 rings (SSSR count). The summed E-state index contributed by atoms with van der Waals surface area (Å²) in [4.78, 5) is 2.47. The van der Waals surface area contributed by atoms with Gasteiger partial charge in [0, 0.05) is 38.0 Å². The zero-order valence-corrected chi connectivity index (χ0v) is 16.1. The maximum atomic E-state index is 11.5. The van der Waals surface area contributed by atoms with E-state index in [1.807, 2.05) is 30.3 Å². The van der Waals surface area contributed by atoms with Crippen molar-refractivity contribution >= 4 is 10.0 Å². The molecule has 7 heteroatoms. The van der Waals surface area contributed by atoms with E-state index in [1.54, 1.807) is 0 Å². The number of para-hydroxylation sites is 1. The van der Waals surface area contributed by atoms with Crippen molar-refractivity contribution < 1.29 is 17.9 Å². The fourth-order valence-electron chi connectivity index (χ4n) is 4.97. The summed E-state index contributed by atoms with van der Waals surface area (Å²) in [7, 11) is -3.15. The van der Waals surface area contributed by atoms with E-state index >= 15 is 0 Å². The van der Waals surface area contributed by atoms with Crippen LogP contribution in [0.3, 0.4) is 0 Å². The highest BCUT2D eigenvalue weighted by molar-refractivity contribution is 7.88. The molecule has 0 radical (unpaired) electrons. The number of hydrogen-bond donors (Lipinski definition) is 1. The molecule has 0 aliphatic carbocycles. The summed E-state index contributed by atoms with van der Waals surface area (Å²) in [5, 5.41) is 0. The standard InChI is InChI=1S/C19H28N2O4S/c1-26(22,23)20-12-16-17-13-21(14-19(17)9-8-18(16)25-19)10-5-11-24-15-6-3-2-4-7-15/h2-4,6-7,16-18,20H,5,8-14H2,1H3/t16-,17+,18+,19+/m0/s1. The molecule has 144 valence electrons. The number of sulfonamides is 1. The number of fused-ring (bicyclic) bond motifs is 1. The molecule has 0 aromatic heterocycles. The largest absolute Gasteiger partial charge is 0.494 e. The van der Waals surface area contributed by atoms with Crippen LogP contribution in [-0.2, 0) is 14.8 Å². The van der Waals surface area contributed by atoms with E-state index < -0.39 is 10.0 Å². The topological polar surface area (TPSA) is 67.9 Å². The summed E-state index contributed by atoms with van der Waals surface area (Å²) >= 11 is 0. The number of nitrogens with one attached hydrogen (secondary N) is 1. The second-order valence-corrected chi connectivity index (χ2v) is 9.73. The lowest BCUT2D eigenvalue weighted by molar-refractivity contribution is 0.00254. The van der Waals surface area contributed by atoms with Crippen LogP contribution in [0.25, 0.3) is 0 Å². The molecule has 3 aliphatic rings. The molecule has 0 amide bonds. The van der Waals surface area contributed by atoms with Crippen LogP contribution in [0.15, 0.2) is 30.3 Å². The average Bonchev–Trinajstić information content (AvgIpc) is 3.25. The number of ether oxygens (including phenoxy) is 2. The Morgan fingerprint density at radius 2 is 2.15 bits per heavy atom. The summed E-state index contributed by atoms with van der Waals surface area (Å²) in [6.07, 6.45) is 4.59. The lowest BCUT2D eigenvalue weighted by Gasteiger charge is -2.29. The molecule has 3 heterocycles. The molecule has 1 aromatic rings. The maximum Gasteiger partial charge on any atom is 0.208 e. The van der Waals surface area contributed by atoms with Gasteiger partial charge >= 0.3 is 0 Å². The van der Waals surface area contributed by atoms with Gasteiger partial charge in [-0.1, -0.05) is 18.2 Å². The first-order chi connectivity index (χ1) is 12.5. The maximum absolute atomic E-state index is 11.5. The first kappa shape index (κ1) is 18.2. The molecule has 1 N–H and O–H groups in total. The Morgan fingerprint density at radius 1 is 1.35 bits per heavy atom. The Bertz CT molecular complexity index is 726. The van der Waals surface area contributed by atoms with Crippen molar-refractivity contribution in [3.63, 3.8) is 0 Å². The monoisotopic (exact) mass is 380 g/mol. The SMILES string of the molecule is CS(=O)(=O)NC[C@H]1[C@H]2CN(CCCOc3ccccc3)C[C@]23CC[C@H]1O3. The third-order valence-corrected chi connectivity index (χ3v) is 6.76. The van der Waals surface area contributed by atoms with Crippen LogP contribution in [0.5, 0.6) is 5.75 Å². The van der Waals surface area contributed by atoms with E-state index in [2.05, 4.69) is 9.62 Å². The van der Waals surface area contributed by atoms with Gasteiger partial charge in [0.05, 0.1) is 24.6 Å². The molecule has 3 aliphatic heterocycles. The van der Waals surface area contributed by atoms with Gasteiger partial charge in [-0.15, -0.1) is 0 Å². The highest BCUT2D eigenvalue weighted by Gasteiger charge is 2.62. The summed E-state index contributed by atoms with van der Waals surface area (Å²) in [6, 6.07) is 9.90. The van der Waals surface area contributed by atoms with Gasteiger partial charge in [-0.05, 0) is 31.4 Å². The fourth-order valence-corrected chi connectivity index (χ4v) is 5.47. The highest BCUT2D eigenvalue weighted by Crippen LogP contribution is 2.54. The Kier molecular flexibility index (Phi) is 4.98. The molecule has 6 nitrogen and oxygen atoms in total. The van der Waals surface area contributed by atoms with Crippen molar-refractivity contribution in [3.05, 3.63) is 30.3 Å². The van der Waals surface area contributed by atoms with Gasteiger partial charge in [0.1, 0.15) is 5.75 Å². The van der Waals surface area contributed by atoms with Crippen molar-refractivity contribution in [3.8, 4) is 5.75 Å². The normalized spacial score (nSPS) is 33.5. The van der Waals surface area contributed by atoms with Crippen LogP contribution in [0.4, 0.5) is 0 Å². The van der Waals surface area contributed by atoms with Crippen molar-refractivity contribution in [2.45, 2.75) is 31.0 Å². The summed E-state index contributed by atoms with van der Waals surface area (Å²) in [5.41, 5.74) is -0.0468. The minimum atomic E-state index is -3.15. The molecule has 0 saturated carbocycles. The molecule has 4 atom stereocenters. The minimum Gasteiger partial charge on any atom is -0.494 e. The molecule has 0 unspecified atom stereocenters. The Morgan fingerprint density at radius 3 is 2.92 bits per heavy atom. The lowest BCUT2D eigenvalue weighted by atomic mass is 9.74. The predicted molar refractivity (Wildman–Crippen MR) is 99.7 cm³/mol. The Labute approximate surface area is 155 Å². The predicted octanol–water partition coefficient (Wildman–Crippen LogP) is 1.48. The number of benzene rings is 1. The zero-order chi connectivity index (χ0) is 18.2. The Hall–Kier alpha value is -1.15. The molecule has 3 saturated heterocycles. The summed E-state index contributed by atoms with van der Waals surface area (Å²) in [6.45, 7) is 4.17. The number of likely N-dealkylation sites (tertiary alicyclic amines) is 1. The minimum absolute atomic E-state index is 0.0468. The van der Waals surface area contributed by atoms with Crippen molar-refractivity contribution in [2.24, 2.45) is 11.8 Å². The number of rotatable bonds is 8. The summed E-state index contributed by atoms with van der Waals surface area (Å²) in [5.74, 6) is 1.65. The average molecular weight is 381 g/mol. The Balaban J connectivity index is 1.28. The van der Waals surface area contributed by atoms with Crippen LogP contribution in [0.2, 0.25) is 0 Å². The number of nitrogens with zero attached hydrogens (tertiary/aromatic N) is 1. The van der Waals surface area contributed by atoms with E-state index in [0.29, 0.717) is 25.0 Å². The smallest absolute Gasteiger partial charge is 0.208 e. The molecule has 26 heavy (non-hydrogen) atoms. The van der Waals surface area contributed by atoms with Crippen LogP contribution in [0.1, 0.15) is 19.3 Å². The van der Waals surface area contributed by atoms with E-state index in [4.69, 9.17) is 9.47 Å². The van der Waals surface area contributed by atoms with Crippen LogP contribution >= 0.6 is 0 Å². The molecule has 3 fully saturated rings. The molecular weight excluding hydrogens is 352 g/mol. The van der Waals surface area contributed by atoms with Gasteiger partial charge in [0.25, 0.3) is 0 Å². The molecule has 1 aromatic carbocycles. The van der Waals surface area contributed by atoms with Gasteiger partial charge in [-0.3, -0.25) is 4.90 Å². The highest BCUT2D eigenvalue weighted by atomic mass is 32.2. The van der Waals surface area contributed by atoms with Gasteiger partial charge < -0.3 is 9.47 Å². The lowest BCUT2D eigenvalue weighted by Crippen LogP contribution is -2.41. The second-order valence-electron chi connectivity index (χ2n) is 7.90. The van der Waals surface area contributed by atoms with E-state index in [0.717, 1.165) is 44.6 Å². The first-order valence-corrected chi connectivity index (χ1v) is 11.4. The van der Waals surface area contributed by atoms with Gasteiger partial charge in [-0.2, -0.15) is 0 Å². The second kappa shape index (κ2) is 7.11. The van der Waals surface area contributed by atoms with E-state index in [-0.39, 0.29) is 11.7 Å². The quantitative estimate of drug-likeness (QED) is 0.692. The van der Waals surface area contributed by atoms with Crippen molar-refractivity contribution in [2.75, 3.05) is 39.0 Å². The number of hydrogen-bond acceptors (Lipinski definition) is 5. The van der Waals surface area contributed by atoms with Crippen LogP contribution in [0, 0.1) is 11.8 Å². The van der Waals surface area contributed by atoms with Gasteiger partial charge in [-0.25, -0.2) is 13.1 Å².